The van der Waals surface area contributed by atoms with Crippen molar-refractivity contribution in [2.24, 2.45) is 11.5 Å². The summed E-state index contributed by atoms with van der Waals surface area (Å²) in [5, 5.41) is 8.59. The first kappa shape index (κ1) is 7.62. The van der Waals surface area contributed by atoms with Gasteiger partial charge in [0.25, 0.3) is 0 Å². The second kappa shape index (κ2) is 3.60. The number of rotatable bonds is 2. The van der Waals surface area contributed by atoms with Crippen molar-refractivity contribution in [2.45, 2.75) is 0 Å². The molecule has 0 radical (unpaired) electrons. The van der Waals surface area contributed by atoms with Gasteiger partial charge in [0.05, 0.1) is 5.70 Å². The zero-order chi connectivity index (χ0) is 7.28. The molecule has 0 heterocycles. The molecule has 0 rings (SSSR count). The molecule has 0 saturated heterocycles. The third-order valence-corrected chi connectivity index (χ3v) is 0.720. The van der Waals surface area contributed by atoms with Gasteiger partial charge in [0.2, 0.25) is 0 Å². The van der Waals surface area contributed by atoms with Gasteiger partial charge in [-0.2, -0.15) is 0 Å². The molecule has 0 fully saturated rings. The summed E-state index contributed by atoms with van der Waals surface area (Å²) in [4.78, 5) is 0. The summed E-state index contributed by atoms with van der Waals surface area (Å²) in [5.41, 5.74) is 10.4. The van der Waals surface area contributed by atoms with E-state index >= 15 is 0 Å². The fourth-order valence-corrected chi connectivity index (χ4v) is 0.255. The SMILES string of the molecule is C=C(O)/C(N)=C\C=C/N. The number of hydrogen-bond donors (Lipinski definition) is 3. The summed E-state index contributed by atoms with van der Waals surface area (Å²) in [5.74, 6) is -0.145. The average molecular weight is 126 g/mol. The minimum atomic E-state index is -0.145. The second-order valence-corrected chi connectivity index (χ2v) is 1.45. The standard InChI is InChI=1S/C6H10N2O/c1-5(9)6(8)3-2-4-7/h2-4,9H,1,7-8H2/b4-2-,6-3+. The third kappa shape index (κ3) is 3.22. The van der Waals surface area contributed by atoms with Gasteiger partial charge >= 0.3 is 0 Å². The molecule has 0 aliphatic carbocycles. The van der Waals surface area contributed by atoms with Gasteiger partial charge in [0.15, 0.2) is 0 Å². The number of hydrogen-bond acceptors (Lipinski definition) is 3. The zero-order valence-electron chi connectivity index (χ0n) is 5.04. The quantitative estimate of drug-likeness (QED) is 0.370. The van der Waals surface area contributed by atoms with Crippen LogP contribution in [0.4, 0.5) is 0 Å². The van der Waals surface area contributed by atoms with E-state index in [4.69, 9.17) is 16.6 Å². The minimum Gasteiger partial charge on any atom is -0.506 e. The van der Waals surface area contributed by atoms with Gasteiger partial charge in [-0.1, -0.05) is 6.58 Å². The molecule has 0 aliphatic heterocycles. The first-order valence-electron chi connectivity index (χ1n) is 2.40. The van der Waals surface area contributed by atoms with Crippen LogP contribution in [0.5, 0.6) is 0 Å². The maximum absolute atomic E-state index is 8.59. The molecular weight excluding hydrogens is 116 g/mol. The fraction of sp³-hybridized carbons (Fsp3) is 0. The molecule has 0 saturated carbocycles. The predicted octanol–water partition coefficient (Wildman–Crippen LogP) is 0.373. The van der Waals surface area contributed by atoms with Crippen LogP contribution in [-0.4, -0.2) is 5.11 Å². The minimum absolute atomic E-state index is 0.145. The molecule has 0 spiro atoms. The molecule has 9 heavy (non-hydrogen) atoms. The smallest absolute Gasteiger partial charge is 0.131 e. The topological polar surface area (TPSA) is 72.3 Å². The number of aliphatic hydroxyl groups excluding tert-OH is 1. The van der Waals surface area contributed by atoms with Crippen LogP contribution in [0.2, 0.25) is 0 Å². The summed E-state index contributed by atoms with van der Waals surface area (Å²) < 4.78 is 0. The highest BCUT2D eigenvalue weighted by molar-refractivity contribution is 5.22. The van der Waals surface area contributed by atoms with Crippen molar-refractivity contribution in [2.75, 3.05) is 0 Å². The Bertz CT molecular complexity index is 158. The highest BCUT2D eigenvalue weighted by Crippen LogP contribution is 1.93. The Morgan fingerprint density at radius 1 is 1.56 bits per heavy atom. The van der Waals surface area contributed by atoms with Crippen LogP contribution in [0.3, 0.4) is 0 Å². The lowest BCUT2D eigenvalue weighted by Crippen LogP contribution is -1.98. The molecule has 3 nitrogen and oxygen atoms in total. The first-order valence-corrected chi connectivity index (χ1v) is 2.40. The second-order valence-electron chi connectivity index (χ2n) is 1.45. The van der Waals surface area contributed by atoms with E-state index in [-0.39, 0.29) is 11.5 Å². The maximum Gasteiger partial charge on any atom is 0.131 e. The van der Waals surface area contributed by atoms with Gasteiger partial charge in [-0.25, -0.2) is 0 Å². The van der Waals surface area contributed by atoms with E-state index in [1.165, 1.54) is 18.4 Å². The molecule has 50 valence electrons. The number of nitrogens with two attached hydrogens (primary N) is 2. The van der Waals surface area contributed by atoms with Crippen LogP contribution in [0.15, 0.2) is 36.4 Å². The molecule has 3 heteroatoms. The molecule has 5 N–H and O–H groups in total. The lowest BCUT2D eigenvalue weighted by atomic mass is 10.3. The van der Waals surface area contributed by atoms with Crippen LogP contribution in [0, 0.1) is 0 Å². The molecule has 0 atom stereocenters. The van der Waals surface area contributed by atoms with Crippen molar-refractivity contribution in [3.63, 3.8) is 0 Å². The van der Waals surface area contributed by atoms with Gasteiger partial charge in [-0.15, -0.1) is 0 Å². The van der Waals surface area contributed by atoms with E-state index in [9.17, 15) is 0 Å². The van der Waals surface area contributed by atoms with Crippen molar-refractivity contribution >= 4 is 0 Å². The fourth-order valence-electron chi connectivity index (χ4n) is 0.255. The lowest BCUT2D eigenvalue weighted by molar-refractivity contribution is 0.425. The summed E-state index contributed by atoms with van der Waals surface area (Å²) in [7, 11) is 0. The van der Waals surface area contributed by atoms with E-state index in [0.29, 0.717) is 0 Å². The molecule has 0 bridgehead atoms. The highest BCUT2D eigenvalue weighted by atomic mass is 16.3. The molecule has 0 aromatic heterocycles. The van der Waals surface area contributed by atoms with Crippen molar-refractivity contribution in [3.8, 4) is 0 Å². The Labute approximate surface area is 54.0 Å². The Morgan fingerprint density at radius 2 is 2.11 bits per heavy atom. The molecule has 0 aliphatic rings. The molecule has 0 amide bonds. The van der Waals surface area contributed by atoms with E-state index in [2.05, 4.69) is 6.58 Å². The van der Waals surface area contributed by atoms with E-state index in [1.807, 2.05) is 0 Å². The predicted molar refractivity (Wildman–Crippen MR) is 37.4 cm³/mol. The van der Waals surface area contributed by atoms with Crippen LogP contribution in [-0.2, 0) is 0 Å². The third-order valence-electron chi connectivity index (χ3n) is 0.720. The van der Waals surface area contributed by atoms with E-state index in [1.54, 1.807) is 0 Å². The van der Waals surface area contributed by atoms with Crippen molar-refractivity contribution in [1.29, 1.82) is 0 Å². The largest absolute Gasteiger partial charge is 0.506 e. The Morgan fingerprint density at radius 3 is 2.44 bits per heavy atom. The zero-order valence-corrected chi connectivity index (χ0v) is 5.04. The Hall–Kier alpha value is -1.38. The van der Waals surface area contributed by atoms with Gasteiger partial charge in [-0.05, 0) is 18.4 Å². The maximum atomic E-state index is 8.59. The summed E-state index contributed by atoms with van der Waals surface area (Å²) >= 11 is 0. The number of aliphatic hydroxyl groups is 1. The van der Waals surface area contributed by atoms with Gasteiger partial charge in [-0.3, -0.25) is 0 Å². The highest BCUT2D eigenvalue weighted by Gasteiger charge is 1.87. The number of allylic oxidation sites excluding steroid dienone is 2. The van der Waals surface area contributed by atoms with Crippen molar-refractivity contribution in [3.05, 3.63) is 36.4 Å². The van der Waals surface area contributed by atoms with Gasteiger partial charge in [0, 0.05) is 0 Å². The van der Waals surface area contributed by atoms with Crippen LogP contribution >= 0.6 is 0 Å². The van der Waals surface area contributed by atoms with Crippen LogP contribution < -0.4 is 11.5 Å². The molecular formula is C6H10N2O. The molecule has 0 aromatic carbocycles. The van der Waals surface area contributed by atoms with Crippen molar-refractivity contribution < 1.29 is 5.11 Å². The Balaban J connectivity index is 4.00. The van der Waals surface area contributed by atoms with Gasteiger partial charge in [0.1, 0.15) is 5.76 Å². The van der Waals surface area contributed by atoms with Gasteiger partial charge < -0.3 is 16.6 Å². The summed E-state index contributed by atoms with van der Waals surface area (Å²) in [6.45, 7) is 3.20. The average Bonchev–Trinajstić information content (AvgIpc) is 1.82. The summed E-state index contributed by atoms with van der Waals surface area (Å²) in [6, 6.07) is 0. The Kier molecular flexibility index (Phi) is 3.05. The molecule has 0 aromatic rings. The van der Waals surface area contributed by atoms with Crippen LogP contribution in [0.1, 0.15) is 0 Å². The van der Waals surface area contributed by atoms with Crippen molar-refractivity contribution in [1.82, 2.24) is 0 Å². The van der Waals surface area contributed by atoms with Crippen LogP contribution in [0.25, 0.3) is 0 Å². The molecule has 0 unspecified atom stereocenters. The first-order chi connectivity index (χ1) is 4.18. The monoisotopic (exact) mass is 126 g/mol. The normalized spacial score (nSPS) is 12.2. The van der Waals surface area contributed by atoms with E-state index < -0.39 is 0 Å². The van der Waals surface area contributed by atoms with E-state index in [0.717, 1.165) is 0 Å². The summed E-state index contributed by atoms with van der Waals surface area (Å²) in [6.07, 6.45) is 4.29. The lowest BCUT2D eigenvalue weighted by Gasteiger charge is -1.92.